The summed E-state index contributed by atoms with van der Waals surface area (Å²) in [5, 5.41) is 19.1. The molecular formula is C26H41FO5. The number of aliphatic hydroxyl groups is 1. The third kappa shape index (κ3) is 7.39. The summed E-state index contributed by atoms with van der Waals surface area (Å²) in [5.74, 6) is 0.336. The molecule has 2 saturated carbocycles. The molecule has 3 aliphatic rings. The number of hydrogen-bond acceptors (Lipinski definition) is 4. The van der Waals surface area contributed by atoms with E-state index in [9.17, 15) is 14.3 Å². The first-order valence-corrected chi connectivity index (χ1v) is 12.6. The van der Waals surface area contributed by atoms with Crippen molar-refractivity contribution in [2.45, 2.75) is 109 Å². The lowest BCUT2D eigenvalue weighted by Crippen LogP contribution is -2.31. The van der Waals surface area contributed by atoms with Crippen molar-refractivity contribution >= 4 is 5.97 Å². The topological polar surface area (TPSA) is 76.0 Å². The molecule has 2 aliphatic carbocycles. The van der Waals surface area contributed by atoms with Gasteiger partial charge in [0.05, 0.1) is 6.10 Å². The van der Waals surface area contributed by atoms with Gasteiger partial charge < -0.3 is 19.7 Å². The van der Waals surface area contributed by atoms with Gasteiger partial charge in [-0.05, 0) is 69.6 Å². The molecule has 182 valence electrons. The van der Waals surface area contributed by atoms with Crippen LogP contribution in [0.1, 0.15) is 84.0 Å². The maximum Gasteiger partial charge on any atom is 0.303 e. The Hall–Kier alpha value is -1.24. The molecule has 0 radical (unpaired) electrons. The normalized spacial score (nSPS) is 33.6. The van der Waals surface area contributed by atoms with E-state index in [1.54, 1.807) is 6.08 Å². The lowest BCUT2D eigenvalue weighted by Gasteiger charge is -2.29. The summed E-state index contributed by atoms with van der Waals surface area (Å²) in [4.78, 5) is 10.7. The van der Waals surface area contributed by atoms with Gasteiger partial charge in [-0.15, -0.1) is 0 Å². The molecule has 3 rings (SSSR count). The maximum absolute atomic E-state index is 14.3. The number of ether oxygens (including phenoxy) is 2. The van der Waals surface area contributed by atoms with Gasteiger partial charge >= 0.3 is 5.97 Å². The van der Waals surface area contributed by atoms with Crippen molar-refractivity contribution in [3.8, 4) is 0 Å². The van der Waals surface area contributed by atoms with E-state index in [4.69, 9.17) is 14.6 Å². The molecule has 0 spiro atoms. The van der Waals surface area contributed by atoms with E-state index >= 15 is 0 Å². The molecule has 0 bridgehead atoms. The number of rotatable bonds is 12. The predicted molar refractivity (Wildman–Crippen MR) is 122 cm³/mol. The highest BCUT2D eigenvalue weighted by Crippen LogP contribution is 2.52. The average Bonchev–Trinajstić information content (AvgIpc) is 3.31. The number of fused-ring (bicyclic) bond motifs is 1. The van der Waals surface area contributed by atoms with E-state index in [1.165, 1.54) is 5.57 Å². The largest absolute Gasteiger partial charge is 0.481 e. The van der Waals surface area contributed by atoms with Gasteiger partial charge in [0.15, 0.2) is 6.29 Å². The molecule has 32 heavy (non-hydrogen) atoms. The van der Waals surface area contributed by atoms with Crippen LogP contribution in [0.2, 0.25) is 0 Å². The Morgan fingerprint density at radius 3 is 2.88 bits per heavy atom. The van der Waals surface area contributed by atoms with Gasteiger partial charge in [0.1, 0.15) is 12.3 Å². The number of carbonyl (C=O) groups is 1. The van der Waals surface area contributed by atoms with Crippen LogP contribution in [0.15, 0.2) is 23.8 Å². The van der Waals surface area contributed by atoms with Crippen molar-refractivity contribution < 1.29 is 28.9 Å². The summed E-state index contributed by atoms with van der Waals surface area (Å²) in [7, 11) is 0. The standard InChI is InChI=1S/C26H41FO5/c1-2-3-9-22(27)23(28)13-12-20-21-16-18(8-4-5-10-25(29)30)15-19(21)17-24(20)32-26-11-6-7-14-31-26/h8,12-13,19-24,26,28H,2-7,9-11,14-17H2,1H3,(H,29,30)/b13-12+,18-8+/t19-,20-,21-,22?,23?,24+,26?/m0/s1. The molecule has 1 heterocycles. The monoisotopic (exact) mass is 452 g/mol. The Kier molecular flexibility index (Phi) is 10.2. The second-order valence-corrected chi connectivity index (χ2v) is 9.80. The van der Waals surface area contributed by atoms with Gasteiger partial charge in [0.25, 0.3) is 0 Å². The summed E-state index contributed by atoms with van der Waals surface area (Å²) in [5.41, 5.74) is 1.41. The number of hydrogen-bond donors (Lipinski definition) is 2. The van der Waals surface area contributed by atoms with Gasteiger partial charge in [-0.1, -0.05) is 43.6 Å². The van der Waals surface area contributed by atoms with E-state index in [1.807, 2.05) is 13.0 Å². The molecule has 0 amide bonds. The molecule has 3 unspecified atom stereocenters. The van der Waals surface area contributed by atoms with Crippen molar-refractivity contribution in [3.05, 3.63) is 23.8 Å². The van der Waals surface area contributed by atoms with Crippen LogP contribution in [0, 0.1) is 17.8 Å². The zero-order valence-electron chi connectivity index (χ0n) is 19.5. The van der Waals surface area contributed by atoms with E-state index in [2.05, 4.69) is 6.08 Å². The molecular weight excluding hydrogens is 411 g/mol. The van der Waals surface area contributed by atoms with Gasteiger partial charge in [0.2, 0.25) is 0 Å². The Morgan fingerprint density at radius 2 is 2.16 bits per heavy atom. The number of carboxylic acids is 1. The number of allylic oxidation sites excluding steroid dienone is 2. The van der Waals surface area contributed by atoms with Crippen LogP contribution >= 0.6 is 0 Å². The smallest absolute Gasteiger partial charge is 0.303 e. The van der Waals surface area contributed by atoms with Crippen molar-refractivity contribution in [1.82, 2.24) is 0 Å². The summed E-state index contributed by atoms with van der Waals surface area (Å²) < 4.78 is 26.5. The van der Waals surface area contributed by atoms with E-state index < -0.39 is 18.2 Å². The van der Waals surface area contributed by atoms with Gasteiger partial charge in [-0.25, -0.2) is 4.39 Å². The minimum Gasteiger partial charge on any atom is -0.481 e. The molecule has 1 aliphatic heterocycles. The molecule has 0 aromatic heterocycles. The summed E-state index contributed by atoms with van der Waals surface area (Å²) in [6, 6.07) is 0. The third-order valence-electron chi connectivity index (χ3n) is 7.31. The van der Waals surface area contributed by atoms with Crippen molar-refractivity contribution in [2.75, 3.05) is 6.61 Å². The molecule has 2 N–H and O–H groups in total. The summed E-state index contributed by atoms with van der Waals surface area (Å²) in [6.45, 7) is 2.77. The fourth-order valence-corrected chi connectivity index (χ4v) is 5.57. The molecule has 7 atom stereocenters. The Balaban J connectivity index is 1.62. The summed E-state index contributed by atoms with van der Waals surface area (Å²) in [6.07, 6.45) is 13.3. The van der Waals surface area contributed by atoms with Crippen LogP contribution in [0.5, 0.6) is 0 Å². The van der Waals surface area contributed by atoms with E-state index in [0.29, 0.717) is 24.7 Å². The second-order valence-electron chi connectivity index (χ2n) is 9.80. The lowest BCUT2D eigenvalue weighted by molar-refractivity contribution is -0.193. The highest BCUT2D eigenvalue weighted by Gasteiger charge is 2.47. The zero-order valence-corrected chi connectivity index (χ0v) is 19.5. The van der Waals surface area contributed by atoms with Crippen LogP contribution in [0.3, 0.4) is 0 Å². The number of aliphatic carboxylic acids is 1. The number of aliphatic hydroxyl groups excluding tert-OH is 1. The molecule has 3 fully saturated rings. The van der Waals surface area contributed by atoms with Crippen molar-refractivity contribution in [1.29, 1.82) is 0 Å². The minimum atomic E-state index is -1.22. The van der Waals surface area contributed by atoms with E-state index in [-0.39, 0.29) is 24.7 Å². The Labute approximate surface area is 192 Å². The highest BCUT2D eigenvalue weighted by molar-refractivity contribution is 5.66. The molecule has 0 aromatic rings. The van der Waals surface area contributed by atoms with Crippen molar-refractivity contribution in [2.24, 2.45) is 17.8 Å². The zero-order chi connectivity index (χ0) is 22.9. The molecule has 0 aromatic carbocycles. The molecule has 1 saturated heterocycles. The Morgan fingerprint density at radius 1 is 1.31 bits per heavy atom. The minimum absolute atomic E-state index is 0.0406. The van der Waals surface area contributed by atoms with Crippen LogP contribution in [0.4, 0.5) is 4.39 Å². The quantitative estimate of drug-likeness (QED) is 0.299. The van der Waals surface area contributed by atoms with Crippen molar-refractivity contribution in [3.63, 3.8) is 0 Å². The third-order valence-corrected chi connectivity index (χ3v) is 7.31. The first kappa shape index (κ1) is 25.4. The van der Waals surface area contributed by atoms with Gasteiger partial charge in [-0.3, -0.25) is 4.79 Å². The highest BCUT2D eigenvalue weighted by atomic mass is 19.1. The fourth-order valence-electron chi connectivity index (χ4n) is 5.57. The molecule has 5 nitrogen and oxygen atoms in total. The predicted octanol–water partition coefficient (Wildman–Crippen LogP) is 5.57. The summed E-state index contributed by atoms with van der Waals surface area (Å²) >= 11 is 0. The van der Waals surface area contributed by atoms with Gasteiger partial charge in [-0.2, -0.15) is 0 Å². The van der Waals surface area contributed by atoms with E-state index in [0.717, 1.165) is 64.4 Å². The average molecular weight is 453 g/mol. The number of carboxylic acid groups (broad SMARTS) is 1. The van der Waals surface area contributed by atoms with Gasteiger partial charge in [0, 0.05) is 18.9 Å². The Bertz CT molecular complexity index is 642. The second kappa shape index (κ2) is 12.9. The van der Waals surface area contributed by atoms with Crippen LogP contribution in [-0.4, -0.2) is 47.5 Å². The van der Waals surface area contributed by atoms with Crippen LogP contribution in [-0.2, 0) is 14.3 Å². The fraction of sp³-hybridized carbons (Fsp3) is 0.808. The number of alkyl halides is 1. The lowest BCUT2D eigenvalue weighted by atomic mass is 9.90. The first-order chi connectivity index (χ1) is 15.5. The molecule has 6 heteroatoms. The SMILES string of the molecule is CCCCC(F)C(O)/C=C/[C@H]1[C@H]2C/C(=C/CCCC(=O)O)C[C@H]2C[C@H]1OC1CCCCO1. The van der Waals surface area contributed by atoms with Crippen LogP contribution < -0.4 is 0 Å². The number of unbranched alkanes of at least 4 members (excludes halogenated alkanes) is 2. The van der Waals surface area contributed by atoms with Crippen LogP contribution in [0.25, 0.3) is 0 Å². The first-order valence-electron chi connectivity index (χ1n) is 12.6. The maximum atomic E-state index is 14.3. The number of halogens is 1.